The van der Waals surface area contributed by atoms with Gasteiger partial charge >= 0.3 is 0 Å². The highest BCUT2D eigenvalue weighted by atomic mass is 16.4. The van der Waals surface area contributed by atoms with Gasteiger partial charge in [-0.05, 0) is 29.3 Å². The van der Waals surface area contributed by atoms with Crippen molar-refractivity contribution in [1.82, 2.24) is 10.2 Å². The van der Waals surface area contributed by atoms with Crippen molar-refractivity contribution in [3.63, 3.8) is 0 Å². The lowest BCUT2D eigenvalue weighted by atomic mass is 10.1. The van der Waals surface area contributed by atoms with E-state index < -0.39 is 17.8 Å². The van der Waals surface area contributed by atoms with Gasteiger partial charge in [0.05, 0.1) is 17.1 Å². The molecule has 0 fully saturated rings. The van der Waals surface area contributed by atoms with Gasteiger partial charge < -0.3 is 15.2 Å². The van der Waals surface area contributed by atoms with Crippen molar-refractivity contribution < 1.29 is 24.3 Å². The molecule has 126 valence electrons. The van der Waals surface area contributed by atoms with Crippen molar-refractivity contribution in [2.75, 3.05) is 7.05 Å². The fraction of sp³-hybridized carbons (Fsp3) is 0.111. The van der Waals surface area contributed by atoms with Gasteiger partial charge in [0.25, 0.3) is 17.7 Å². The van der Waals surface area contributed by atoms with Gasteiger partial charge in [0, 0.05) is 19.2 Å². The van der Waals surface area contributed by atoms with E-state index in [0.29, 0.717) is 5.56 Å². The number of nitrogens with one attached hydrogen (secondary N) is 1. The molecule has 1 N–H and O–H groups in total. The van der Waals surface area contributed by atoms with Crippen LogP contribution in [0.5, 0.6) is 0 Å². The fourth-order valence-corrected chi connectivity index (χ4v) is 2.55. The molecule has 25 heavy (non-hydrogen) atoms. The van der Waals surface area contributed by atoms with Crippen LogP contribution in [0.1, 0.15) is 47.0 Å². The molecule has 0 atom stereocenters. The first-order chi connectivity index (χ1) is 11.9. The molecule has 1 aliphatic rings. The smallest absolute Gasteiger partial charge is 0.261 e. The highest BCUT2D eigenvalue weighted by Crippen LogP contribution is 2.22. The highest BCUT2D eigenvalue weighted by Gasteiger charge is 2.33. The molecule has 7 nitrogen and oxygen atoms in total. The third-order valence-corrected chi connectivity index (χ3v) is 3.99. The standard InChI is InChI=1S/C18H14N2O5/c1-20-16(22)13-7-6-12(8-14(13)17(20)23)15(21)19-9-10-2-4-11(5-3-10)18(24)25/h2-8H,9H2,1H3,(H,19,21)(H,24,25)/p-1. The quantitative estimate of drug-likeness (QED) is 0.803. The zero-order chi connectivity index (χ0) is 18.1. The number of imide groups is 1. The lowest BCUT2D eigenvalue weighted by molar-refractivity contribution is -0.255. The molecule has 0 aliphatic carbocycles. The Morgan fingerprint density at radius 3 is 2.20 bits per heavy atom. The molecule has 0 spiro atoms. The van der Waals surface area contributed by atoms with Gasteiger partial charge in [-0.15, -0.1) is 0 Å². The Balaban J connectivity index is 1.71. The van der Waals surface area contributed by atoms with Crippen molar-refractivity contribution >= 4 is 23.7 Å². The van der Waals surface area contributed by atoms with Crippen molar-refractivity contribution in [1.29, 1.82) is 0 Å². The second-order valence-electron chi connectivity index (χ2n) is 5.60. The van der Waals surface area contributed by atoms with E-state index in [4.69, 9.17) is 0 Å². The Bertz CT molecular complexity index is 902. The van der Waals surface area contributed by atoms with Crippen LogP contribution in [0.25, 0.3) is 0 Å². The molecule has 2 aromatic carbocycles. The highest BCUT2D eigenvalue weighted by molar-refractivity contribution is 6.21. The van der Waals surface area contributed by atoms with Gasteiger partial charge in [0.1, 0.15) is 0 Å². The van der Waals surface area contributed by atoms with Crippen LogP contribution >= 0.6 is 0 Å². The van der Waals surface area contributed by atoms with Gasteiger partial charge in [-0.1, -0.05) is 24.3 Å². The number of fused-ring (bicyclic) bond motifs is 1. The summed E-state index contributed by atoms with van der Waals surface area (Å²) in [4.78, 5) is 47.7. The Morgan fingerprint density at radius 1 is 0.960 bits per heavy atom. The van der Waals surface area contributed by atoms with Gasteiger partial charge in [0.2, 0.25) is 0 Å². The number of rotatable bonds is 4. The Labute approximate surface area is 142 Å². The number of nitrogens with zero attached hydrogens (tertiary/aromatic N) is 1. The van der Waals surface area contributed by atoms with Gasteiger partial charge in [-0.3, -0.25) is 19.3 Å². The first-order valence-electron chi connectivity index (χ1n) is 7.43. The largest absolute Gasteiger partial charge is 0.545 e. The molecule has 2 aromatic rings. The summed E-state index contributed by atoms with van der Waals surface area (Å²) in [6.45, 7) is 0.191. The molecule has 3 amide bonds. The van der Waals surface area contributed by atoms with E-state index in [-0.39, 0.29) is 34.7 Å². The van der Waals surface area contributed by atoms with Crippen LogP contribution < -0.4 is 10.4 Å². The van der Waals surface area contributed by atoms with E-state index in [1.54, 1.807) is 12.1 Å². The monoisotopic (exact) mass is 337 g/mol. The number of carbonyl (C=O) groups is 4. The predicted octanol–water partition coefficient (Wildman–Crippen LogP) is 0.206. The fourth-order valence-electron chi connectivity index (χ4n) is 2.55. The topological polar surface area (TPSA) is 107 Å². The van der Waals surface area contributed by atoms with Crippen LogP contribution in [0.3, 0.4) is 0 Å². The lowest BCUT2D eigenvalue weighted by Gasteiger charge is -2.08. The van der Waals surface area contributed by atoms with Crippen LogP contribution in [-0.2, 0) is 6.54 Å². The van der Waals surface area contributed by atoms with Crippen molar-refractivity contribution in [2.24, 2.45) is 0 Å². The Kier molecular flexibility index (Phi) is 4.06. The normalized spacial score (nSPS) is 12.9. The van der Waals surface area contributed by atoms with Crippen LogP contribution in [0.4, 0.5) is 0 Å². The maximum absolute atomic E-state index is 12.2. The molecule has 0 aromatic heterocycles. The van der Waals surface area contributed by atoms with Crippen LogP contribution in [-0.4, -0.2) is 35.6 Å². The number of benzene rings is 2. The van der Waals surface area contributed by atoms with E-state index >= 15 is 0 Å². The molecule has 0 saturated carbocycles. The number of carbonyl (C=O) groups excluding carboxylic acids is 4. The number of hydrogen-bond donors (Lipinski definition) is 1. The number of carboxylic acid groups (broad SMARTS) is 1. The Hall–Kier alpha value is -3.48. The minimum absolute atomic E-state index is 0.0565. The predicted molar refractivity (Wildman–Crippen MR) is 84.8 cm³/mol. The minimum Gasteiger partial charge on any atom is -0.545 e. The molecule has 7 heteroatoms. The maximum atomic E-state index is 12.2. The van der Waals surface area contributed by atoms with E-state index in [1.165, 1.54) is 37.4 Å². The summed E-state index contributed by atoms with van der Waals surface area (Å²) >= 11 is 0. The third-order valence-electron chi connectivity index (χ3n) is 3.99. The SMILES string of the molecule is CN1C(=O)c2ccc(C(=O)NCc3ccc(C(=O)[O-])cc3)cc2C1=O. The number of amides is 3. The first-order valence-corrected chi connectivity index (χ1v) is 7.43. The molecule has 0 radical (unpaired) electrons. The molecule has 0 unspecified atom stereocenters. The minimum atomic E-state index is -1.27. The third kappa shape index (κ3) is 2.99. The zero-order valence-electron chi connectivity index (χ0n) is 13.2. The van der Waals surface area contributed by atoms with Gasteiger partial charge in [0.15, 0.2) is 0 Å². The average molecular weight is 337 g/mol. The second-order valence-corrected chi connectivity index (χ2v) is 5.60. The van der Waals surface area contributed by atoms with E-state index in [9.17, 15) is 24.3 Å². The second kappa shape index (κ2) is 6.20. The number of aromatic carboxylic acids is 1. The average Bonchev–Trinajstić information content (AvgIpc) is 2.84. The summed E-state index contributed by atoms with van der Waals surface area (Å²) < 4.78 is 0. The molecule has 0 saturated heterocycles. The molecular weight excluding hydrogens is 324 g/mol. The zero-order valence-corrected chi connectivity index (χ0v) is 13.2. The summed E-state index contributed by atoms with van der Waals surface area (Å²) in [5.74, 6) is -2.49. The van der Waals surface area contributed by atoms with E-state index in [2.05, 4.69) is 5.32 Å². The van der Waals surface area contributed by atoms with Crippen molar-refractivity contribution in [3.05, 3.63) is 70.3 Å². The van der Waals surface area contributed by atoms with Crippen LogP contribution in [0.2, 0.25) is 0 Å². The van der Waals surface area contributed by atoms with E-state index in [0.717, 1.165) is 4.90 Å². The van der Waals surface area contributed by atoms with Crippen LogP contribution in [0.15, 0.2) is 42.5 Å². The summed E-state index contributed by atoms with van der Waals surface area (Å²) in [7, 11) is 1.39. The number of hydrogen-bond acceptors (Lipinski definition) is 5. The van der Waals surface area contributed by atoms with Gasteiger partial charge in [-0.2, -0.15) is 0 Å². The molecule has 1 aliphatic heterocycles. The summed E-state index contributed by atoms with van der Waals surface area (Å²) in [5.41, 5.74) is 1.52. The molecule has 1 heterocycles. The summed E-state index contributed by atoms with van der Waals surface area (Å²) in [6.07, 6.45) is 0. The molecule has 3 rings (SSSR count). The van der Waals surface area contributed by atoms with Crippen molar-refractivity contribution in [2.45, 2.75) is 6.54 Å². The van der Waals surface area contributed by atoms with Gasteiger partial charge in [-0.25, -0.2) is 0 Å². The lowest BCUT2D eigenvalue weighted by Crippen LogP contribution is -2.24. The summed E-state index contributed by atoms with van der Waals surface area (Å²) in [6, 6.07) is 10.3. The molecule has 0 bridgehead atoms. The number of carboxylic acids is 1. The summed E-state index contributed by atoms with van der Waals surface area (Å²) in [5, 5.41) is 13.4. The molecular formula is C18H13N2O5-. The van der Waals surface area contributed by atoms with E-state index in [1.807, 2.05) is 0 Å². The van der Waals surface area contributed by atoms with Crippen LogP contribution in [0, 0.1) is 0 Å². The Morgan fingerprint density at radius 2 is 1.56 bits per heavy atom. The first kappa shape index (κ1) is 16.4. The van der Waals surface area contributed by atoms with Crippen molar-refractivity contribution in [3.8, 4) is 0 Å². The maximum Gasteiger partial charge on any atom is 0.261 e.